The van der Waals surface area contributed by atoms with Crippen LogP contribution in [0, 0.1) is 5.82 Å². The van der Waals surface area contributed by atoms with Gasteiger partial charge in [-0.2, -0.15) is 9.37 Å². The van der Waals surface area contributed by atoms with E-state index in [-0.39, 0.29) is 16.8 Å². The van der Waals surface area contributed by atoms with Crippen molar-refractivity contribution >= 4 is 34.7 Å². The molecule has 0 saturated heterocycles. The van der Waals surface area contributed by atoms with Crippen molar-refractivity contribution in [1.82, 2.24) is 9.97 Å². The summed E-state index contributed by atoms with van der Waals surface area (Å²) in [6.07, 6.45) is 1.11. The Hall–Kier alpha value is -3.36. The zero-order valence-electron chi connectivity index (χ0n) is 16.0. The van der Waals surface area contributed by atoms with E-state index in [4.69, 9.17) is 37.5 Å². The minimum absolute atomic E-state index is 0.152. The average Bonchev–Trinajstić information content (AvgIpc) is 2.79. The number of nitrogens with zero attached hydrogens (tertiary/aromatic N) is 3. The summed E-state index contributed by atoms with van der Waals surface area (Å²) in [6.45, 7) is 4.71. The lowest BCUT2D eigenvalue weighted by molar-refractivity contribution is 0.0669. The van der Waals surface area contributed by atoms with Crippen molar-refractivity contribution in [3.8, 4) is 17.4 Å². The lowest BCUT2D eigenvalue weighted by Crippen LogP contribution is -2.17. The van der Waals surface area contributed by atoms with Crippen LogP contribution in [0.4, 0.5) is 4.39 Å². The number of phenolic OH excluding ortho intramolecular Hbond substituents is 1. The molecule has 0 spiro atoms. The van der Waals surface area contributed by atoms with Gasteiger partial charge in [-0.1, -0.05) is 60.1 Å². The summed E-state index contributed by atoms with van der Waals surface area (Å²) in [6, 6.07) is 13.6. The Labute approximate surface area is 187 Å². The second-order valence-electron chi connectivity index (χ2n) is 5.89. The molecule has 1 aromatic heterocycles. The number of oxime groups is 1. The standard InChI is InChI=1S/C11H11NO3.C10H5Cl2FN2O/c1-8(11-12-15-7-6-14-11)9-4-2-3-5-10(9)13;11-6-3-1-2-4-7(6)16-10-8(13)9(12)14-5-15-10/h2-5,13H,1,6-7H2;1-5H. The molecule has 0 radical (unpaired) electrons. The highest BCUT2D eigenvalue weighted by Gasteiger charge is 2.16. The molecule has 0 amide bonds. The molecule has 0 atom stereocenters. The van der Waals surface area contributed by atoms with Gasteiger partial charge in [0.1, 0.15) is 24.4 Å². The fourth-order valence-electron chi connectivity index (χ4n) is 2.33. The van der Waals surface area contributed by atoms with Gasteiger partial charge in [0.15, 0.2) is 11.8 Å². The number of aromatic nitrogens is 2. The number of benzene rings is 2. The zero-order valence-corrected chi connectivity index (χ0v) is 17.5. The molecule has 0 aliphatic carbocycles. The second-order valence-corrected chi connectivity index (χ2v) is 6.66. The highest BCUT2D eigenvalue weighted by molar-refractivity contribution is 6.32. The molecule has 3 aromatic rings. The van der Waals surface area contributed by atoms with Gasteiger partial charge < -0.3 is 19.4 Å². The van der Waals surface area contributed by atoms with Crippen molar-refractivity contribution in [3.63, 3.8) is 0 Å². The van der Waals surface area contributed by atoms with Crippen molar-refractivity contribution < 1.29 is 23.8 Å². The quantitative estimate of drug-likeness (QED) is 0.515. The number of hydrogen-bond donors (Lipinski definition) is 1. The lowest BCUT2D eigenvalue weighted by Gasteiger charge is -2.15. The monoisotopic (exact) mass is 463 g/mol. The van der Waals surface area contributed by atoms with Crippen molar-refractivity contribution in [2.24, 2.45) is 5.16 Å². The number of para-hydroxylation sites is 2. The van der Waals surface area contributed by atoms with E-state index in [1.54, 1.807) is 42.5 Å². The molecule has 1 N–H and O–H groups in total. The lowest BCUT2D eigenvalue weighted by atomic mass is 10.1. The summed E-state index contributed by atoms with van der Waals surface area (Å²) >= 11 is 11.3. The normalized spacial score (nSPS) is 12.4. The molecule has 31 heavy (non-hydrogen) atoms. The first-order valence-corrected chi connectivity index (χ1v) is 9.61. The Morgan fingerprint density at radius 1 is 1.06 bits per heavy atom. The molecule has 1 aliphatic heterocycles. The molecule has 10 heteroatoms. The third-order valence-electron chi connectivity index (χ3n) is 3.81. The Balaban J connectivity index is 0.000000176. The van der Waals surface area contributed by atoms with Gasteiger partial charge in [-0.3, -0.25) is 0 Å². The molecule has 0 saturated carbocycles. The molecule has 0 unspecified atom stereocenters. The van der Waals surface area contributed by atoms with Crippen LogP contribution in [0.1, 0.15) is 5.56 Å². The van der Waals surface area contributed by atoms with Crippen LogP contribution >= 0.6 is 23.2 Å². The van der Waals surface area contributed by atoms with Crippen LogP contribution in [0.25, 0.3) is 5.57 Å². The number of halogens is 3. The van der Waals surface area contributed by atoms with Crippen LogP contribution in [0.2, 0.25) is 10.2 Å². The predicted octanol–water partition coefficient (Wildman–Crippen LogP) is 5.48. The van der Waals surface area contributed by atoms with Crippen LogP contribution in [0.3, 0.4) is 0 Å². The fraction of sp³-hybridized carbons (Fsp3) is 0.0952. The first kappa shape index (κ1) is 22.3. The third-order valence-corrected chi connectivity index (χ3v) is 4.38. The van der Waals surface area contributed by atoms with E-state index >= 15 is 0 Å². The fourth-order valence-corrected chi connectivity index (χ4v) is 2.63. The third kappa shape index (κ3) is 5.84. The van der Waals surface area contributed by atoms with Crippen molar-refractivity contribution in [2.45, 2.75) is 0 Å². The first-order chi connectivity index (χ1) is 15.0. The molecule has 4 rings (SSSR count). The van der Waals surface area contributed by atoms with Gasteiger partial charge in [-0.15, -0.1) is 0 Å². The van der Waals surface area contributed by atoms with E-state index in [9.17, 15) is 9.50 Å². The maximum atomic E-state index is 13.4. The Morgan fingerprint density at radius 2 is 1.81 bits per heavy atom. The number of ether oxygens (including phenoxy) is 2. The Morgan fingerprint density at radius 3 is 2.52 bits per heavy atom. The van der Waals surface area contributed by atoms with Gasteiger partial charge in [-0.25, -0.2) is 4.98 Å². The first-order valence-electron chi connectivity index (χ1n) is 8.86. The van der Waals surface area contributed by atoms with Gasteiger partial charge in [-0.05, 0) is 23.4 Å². The number of aromatic hydroxyl groups is 1. The minimum Gasteiger partial charge on any atom is -0.507 e. The molecule has 7 nitrogen and oxygen atoms in total. The van der Waals surface area contributed by atoms with Crippen LogP contribution in [-0.2, 0) is 9.57 Å². The SMILES string of the molecule is C=C(C1=NOCCO1)c1ccccc1O.Fc1c(Cl)ncnc1Oc1ccccc1Cl. The van der Waals surface area contributed by atoms with E-state index in [0.29, 0.717) is 41.0 Å². The molecular formula is C21H16Cl2FN3O4. The Bertz CT molecular complexity index is 1110. The molecule has 2 heterocycles. The van der Waals surface area contributed by atoms with Crippen molar-refractivity contribution in [2.75, 3.05) is 13.2 Å². The largest absolute Gasteiger partial charge is 0.507 e. The topological polar surface area (TPSA) is 86.1 Å². The number of rotatable bonds is 4. The van der Waals surface area contributed by atoms with Crippen molar-refractivity contribution in [3.05, 3.63) is 83.0 Å². The highest BCUT2D eigenvalue weighted by Crippen LogP contribution is 2.30. The molecular weight excluding hydrogens is 448 g/mol. The molecule has 0 bridgehead atoms. The number of hydrogen-bond acceptors (Lipinski definition) is 7. The maximum absolute atomic E-state index is 13.4. The number of phenols is 1. The summed E-state index contributed by atoms with van der Waals surface area (Å²) in [5.41, 5.74) is 1.12. The van der Waals surface area contributed by atoms with E-state index in [0.717, 1.165) is 6.33 Å². The van der Waals surface area contributed by atoms with E-state index in [1.807, 2.05) is 6.07 Å². The summed E-state index contributed by atoms with van der Waals surface area (Å²) in [5, 5.41) is 13.4. The van der Waals surface area contributed by atoms with Crippen LogP contribution in [0.5, 0.6) is 17.4 Å². The predicted molar refractivity (Wildman–Crippen MR) is 115 cm³/mol. The summed E-state index contributed by atoms with van der Waals surface area (Å²) in [7, 11) is 0. The second kappa shape index (κ2) is 10.6. The average molecular weight is 464 g/mol. The van der Waals surface area contributed by atoms with Gasteiger partial charge >= 0.3 is 0 Å². The molecule has 160 valence electrons. The smallest absolute Gasteiger partial charge is 0.260 e. The molecule has 1 aliphatic rings. The van der Waals surface area contributed by atoms with Crippen LogP contribution in [0.15, 0.2) is 66.6 Å². The van der Waals surface area contributed by atoms with Crippen LogP contribution < -0.4 is 4.74 Å². The highest BCUT2D eigenvalue weighted by atomic mass is 35.5. The summed E-state index contributed by atoms with van der Waals surface area (Å²) in [4.78, 5) is 12.0. The van der Waals surface area contributed by atoms with Gasteiger partial charge in [0.25, 0.3) is 11.8 Å². The Kier molecular flexibility index (Phi) is 7.64. The van der Waals surface area contributed by atoms with Gasteiger partial charge in [0.05, 0.1) is 5.02 Å². The molecule has 0 fully saturated rings. The van der Waals surface area contributed by atoms with E-state index in [2.05, 4.69) is 21.7 Å². The van der Waals surface area contributed by atoms with Crippen LogP contribution in [-0.4, -0.2) is 34.2 Å². The van der Waals surface area contributed by atoms with E-state index in [1.165, 1.54) is 0 Å². The minimum atomic E-state index is -0.816. The zero-order chi connectivity index (χ0) is 22.2. The van der Waals surface area contributed by atoms with Crippen molar-refractivity contribution in [1.29, 1.82) is 0 Å². The summed E-state index contributed by atoms with van der Waals surface area (Å²) < 4.78 is 23.8. The van der Waals surface area contributed by atoms with Gasteiger partial charge in [0.2, 0.25) is 5.82 Å². The maximum Gasteiger partial charge on any atom is 0.260 e. The summed E-state index contributed by atoms with van der Waals surface area (Å²) in [5.74, 6) is -0.294. The van der Waals surface area contributed by atoms with E-state index < -0.39 is 5.82 Å². The molecule has 2 aromatic carbocycles. The van der Waals surface area contributed by atoms with Gasteiger partial charge in [0, 0.05) is 11.1 Å².